The van der Waals surface area contributed by atoms with E-state index in [-0.39, 0.29) is 5.91 Å². The van der Waals surface area contributed by atoms with Crippen molar-refractivity contribution < 1.29 is 9.53 Å². The van der Waals surface area contributed by atoms with Crippen LogP contribution in [0.3, 0.4) is 0 Å². The summed E-state index contributed by atoms with van der Waals surface area (Å²) < 4.78 is 8.57. The topological polar surface area (TPSA) is 74.0 Å². The zero-order valence-electron chi connectivity index (χ0n) is 12.5. The molecule has 0 spiro atoms. The Bertz CT molecular complexity index is 805. The number of ether oxygens (including phenoxy) is 1. The smallest absolute Gasteiger partial charge is 0.257 e. The molecule has 0 fully saturated rings. The normalized spacial score (nSPS) is 11.0. The van der Waals surface area contributed by atoms with Crippen molar-refractivity contribution in [3.63, 3.8) is 0 Å². The van der Waals surface area contributed by atoms with E-state index in [1.165, 1.54) is 0 Å². The number of anilines is 1. The number of imidazole rings is 1. The second-order valence-electron chi connectivity index (χ2n) is 4.97. The molecule has 0 saturated carbocycles. The summed E-state index contributed by atoms with van der Waals surface area (Å²) in [6.45, 7) is 1.22. The Labute approximate surface area is 127 Å². The molecule has 22 heavy (non-hydrogen) atoms. The Morgan fingerprint density at radius 1 is 1.41 bits per heavy atom. The largest absolute Gasteiger partial charge is 0.383 e. The summed E-state index contributed by atoms with van der Waals surface area (Å²) in [6, 6.07) is 5.50. The minimum atomic E-state index is -0.180. The van der Waals surface area contributed by atoms with Crippen LogP contribution in [0.5, 0.6) is 0 Å². The number of nitrogens with one attached hydrogen (secondary N) is 1. The molecule has 7 heteroatoms. The maximum Gasteiger partial charge on any atom is 0.257 e. The molecule has 0 bridgehead atoms. The highest BCUT2D eigenvalue weighted by Crippen LogP contribution is 2.18. The van der Waals surface area contributed by atoms with Crippen LogP contribution in [0.1, 0.15) is 10.4 Å². The minimum absolute atomic E-state index is 0.180. The molecule has 0 atom stereocenters. The van der Waals surface area contributed by atoms with Crippen molar-refractivity contribution >= 4 is 22.6 Å². The van der Waals surface area contributed by atoms with Gasteiger partial charge in [-0.15, -0.1) is 0 Å². The molecule has 1 N–H and O–H groups in total. The molecular formula is C15H17N5O2. The summed E-state index contributed by atoms with van der Waals surface area (Å²) in [5.74, 6) is -0.180. The van der Waals surface area contributed by atoms with E-state index in [1.807, 2.05) is 23.7 Å². The van der Waals surface area contributed by atoms with Crippen molar-refractivity contribution in [2.75, 3.05) is 19.0 Å². The van der Waals surface area contributed by atoms with E-state index in [2.05, 4.69) is 15.4 Å². The molecule has 0 aliphatic rings. The van der Waals surface area contributed by atoms with Gasteiger partial charge in [-0.3, -0.25) is 9.48 Å². The molecule has 114 valence electrons. The predicted molar refractivity (Wildman–Crippen MR) is 82.8 cm³/mol. The van der Waals surface area contributed by atoms with Gasteiger partial charge in [0.2, 0.25) is 0 Å². The van der Waals surface area contributed by atoms with E-state index >= 15 is 0 Å². The lowest BCUT2D eigenvalue weighted by Crippen LogP contribution is -2.13. The maximum atomic E-state index is 12.5. The Morgan fingerprint density at radius 2 is 2.27 bits per heavy atom. The Balaban J connectivity index is 1.81. The Kier molecular flexibility index (Phi) is 3.88. The monoisotopic (exact) mass is 299 g/mol. The summed E-state index contributed by atoms with van der Waals surface area (Å²) >= 11 is 0. The fourth-order valence-electron chi connectivity index (χ4n) is 2.33. The van der Waals surface area contributed by atoms with Gasteiger partial charge in [-0.1, -0.05) is 6.07 Å². The molecule has 7 nitrogen and oxygen atoms in total. The van der Waals surface area contributed by atoms with Crippen LogP contribution >= 0.6 is 0 Å². The number of carbonyl (C=O) groups excluding carboxylic acids is 1. The van der Waals surface area contributed by atoms with E-state index < -0.39 is 0 Å². The van der Waals surface area contributed by atoms with Gasteiger partial charge < -0.3 is 14.6 Å². The summed E-state index contributed by atoms with van der Waals surface area (Å²) in [4.78, 5) is 16.7. The second kappa shape index (κ2) is 5.98. The zero-order chi connectivity index (χ0) is 15.5. The fraction of sp³-hybridized carbons (Fsp3) is 0.267. The molecule has 0 aliphatic carbocycles. The van der Waals surface area contributed by atoms with Crippen molar-refractivity contribution in [2.24, 2.45) is 7.05 Å². The van der Waals surface area contributed by atoms with Gasteiger partial charge >= 0.3 is 0 Å². The first-order chi connectivity index (χ1) is 10.7. The third-order valence-corrected chi connectivity index (χ3v) is 3.40. The number of benzene rings is 1. The molecule has 2 heterocycles. The van der Waals surface area contributed by atoms with Crippen molar-refractivity contribution in [3.8, 4) is 0 Å². The number of aryl methyl sites for hydroxylation is 1. The number of methoxy groups -OCH3 is 1. The number of carbonyl (C=O) groups is 1. The lowest BCUT2D eigenvalue weighted by Gasteiger charge is -2.05. The van der Waals surface area contributed by atoms with Crippen LogP contribution < -0.4 is 5.32 Å². The average molecular weight is 299 g/mol. The van der Waals surface area contributed by atoms with Crippen LogP contribution in [0.25, 0.3) is 11.0 Å². The SMILES string of the molecule is COCCn1cc(NC(=O)c2cccc3ncn(C)c23)cn1. The van der Waals surface area contributed by atoms with E-state index in [0.717, 1.165) is 11.0 Å². The molecule has 1 aromatic carbocycles. The highest BCUT2D eigenvalue weighted by Gasteiger charge is 2.14. The van der Waals surface area contributed by atoms with Crippen LogP contribution in [0, 0.1) is 0 Å². The van der Waals surface area contributed by atoms with Crippen LogP contribution in [-0.2, 0) is 18.3 Å². The summed E-state index contributed by atoms with van der Waals surface area (Å²) in [6.07, 6.45) is 5.10. The highest BCUT2D eigenvalue weighted by molar-refractivity contribution is 6.11. The molecule has 1 amide bonds. The van der Waals surface area contributed by atoms with Gasteiger partial charge in [-0.05, 0) is 12.1 Å². The minimum Gasteiger partial charge on any atom is -0.383 e. The lowest BCUT2D eigenvalue weighted by molar-refractivity contribution is 0.102. The highest BCUT2D eigenvalue weighted by atomic mass is 16.5. The fourth-order valence-corrected chi connectivity index (χ4v) is 2.33. The molecule has 3 aromatic rings. The van der Waals surface area contributed by atoms with Gasteiger partial charge in [0.25, 0.3) is 5.91 Å². The van der Waals surface area contributed by atoms with Gasteiger partial charge in [-0.2, -0.15) is 5.10 Å². The molecule has 2 aromatic heterocycles. The molecule has 0 radical (unpaired) electrons. The quantitative estimate of drug-likeness (QED) is 0.777. The number of amides is 1. The van der Waals surface area contributed by atoms with E-state index in [1.54, 1.807) is 36.6 Å². The Morgan fingerprint density at radius 3 is 3.09 bits per heavy atom. The first-order valence-electron chi connectivity index (χ1n) is 6.92. The number of hydrogen-bond donors (Lipinski definition) is 1. The summed E-state index contributed by atoms with van der Waals surface area (Å²) in [5, 5.41) is 7.03. The molecule has 3 rings (SSSR count). The number of para-hydroxylation sites is 1. The first kappa shape index (κ1) is 14.3. The number of aromatic nitrogens is 4. The first-order valence-corrected chi connectivity index (χ1v) is 6.92. The van der Waals surface area contributed by atoms with Crippen molar-refractivity contribution in [3.05, 3.63) is 42.5 Å². The number of nitrogens with zero attached hydrogens (tertiary/aromatic N) is 4. The van der Waals surface area contributed by atoms with Gasteiger partial charge in [0.15, 0.2) is 0 Å². The number of rotatable bonds is 5. The predicted octanol–water partition coefficient (Wildman–Crippen LogP) is 1.67. The lowest BCUT2D eigenvalue weighted by atomic mass is 10.1. The zero-order valence-corrected chi connectivity index (χ0v) is 12.5. The number of hydrogen-bond acceptors (Lipinski definition) is 4. The third kappa shape index (κ3) is 2.71. The number of fused-ring (bicyclic) bond motifs is 1. The molecule has 0 aliphatic heterocycles. The Hall–Kier alpha value is -2.67. The van der Waals surface area contributed by atoms with E-state index in [4.69, 9.17) is 4.74 Å². The van der Waals surface area contributed by atoms with Crippen molar-refractivity contribution in [2.45, 2.75) is 6.54 Å². The van der Waals surface area contributed by atoms with Crippen LogP contribution in [0.15, 0.2) is 36.9 Å². The second-order valence-corrected chi connectivity index (χ2v) is 4.97. The molecule has 0 saturated heterocycles. The van der Waals surface area contributed by atoms with E-state index in [9.17, 15) is 4.79 Å². The molecular weight excluding hydrogens is 282 g/mol. The van der Waals surface area contributed by atoms with Crippen LogP contribution in [0.2, 0.25) is 0 Å². The van der Waals surface area contributed by atoms with E-state index in [0.29, 0.717) is 24.4 Å². The third-order valence-electron chi connectivity index (χ3n) is 3.40. The van der Waals surface area contributed by atoms with Gasteiger partial charge in [0, 0.05) is 20.4 Å². The van der Waals surface area contributed by atoms with Crippen molar-refractivity contribution in [1.29, 1.82) is 0 Å². The van der Waals surface area contributed by atoms with Crippen molar-refractivity contribution in [1.82, 2.24) is 19.3 Å². The van der Waals surface area contributed by atoms with Gasteiger partial charge in [0.1, 0.15) is 0 Å². The van der Waals surface area contributed by atoms with Gasteiger partial charge in [0.05, 0.1) is 48.0 Å². The average Bonchev–Trinajstić information content (AvgIpc) is 3.12. The standard InChI is InChI=1S/C15H17N5O2/c1-19-10-16-13-5-3-4-12(14(13)19)15(21)18-11-8-17-20(9-11)6-7-22-2/h3-5,8-10H,6-7H2,1-2H3,(H,18,21). The van der Waals surface area contributed by atoms with Crippen LogP contribution in [-0.4, -0.2) is 39.0 Å². The molecule has 0 unspecified atom stereocenters. The summed E-state index contributed by atoms with van der Waals surface area (Å²) in [5.41, 5.74) is 2.85. The maximum absolute atomic E-state index is 12.5. The van der Waals surface area contributed by atoms with Gasteiger partial charge in [-0.25, -0.2) is 4.98 Å². The summed E-state index contributed by atoms with van der Waals surface area (Å²) in [7, 11) is 3.51. The van der Waals surface area contributed by atoms with Crippen LogP contribution in [0.4, 0.5) is 5.69 Å².